The Hall–Kier alpha value is -3.51. The summed E-state index contributed by atoms with van der Waals surface area (Å²) in [5, 5.41) is 33.3. The summed E-state index contributed by atoms with van der Waals surface area (Å²) < 4.78 is 0. The van der Waals surface area contributed by atoms with E-state index in [0.29, 0.717) is 0 Å². The molecule has 1 aromatic carbocycles. The number of aliphatic hydroxyl groups excluding tert-OH is 1. The number of hydrogen-bond acceptors (Lipinski definition) is 7. The fraction of sp³-hybridized carbons (Fsp3) is 0.421. The maximum Gasteiger partial charge on any atom is 0.328 e. The third kappa shape index (κ3) is 8.80. The molecular formula is C19H26N4O8. The number of nitrogens with two attached hydrogens (primary N) is 1. The van der Waals surface area contributed by atoms with Crippen LogP contribution in [0, 0.1) is 0 Å². The first-order chi connectivity index (χ1) is 14.5. The van der Waals surface area contributed by atoms with Gasteiger partial charge in [0.1, 0.15) is 18.1 Å². The van der Waals surface area contributed by atoms with Crippen LogP contribution in [0.1, 0.15) is 18.9 Å². The lowest BCUT2D eigenvalue weighted by molar-refractivity contribution is -0.144. The minimum Gasteiger partial charge on any atom is -0.481 e. The number of benzene rings is 1. The van der Waals surface area contributed by atoms with Crippen LogP contribution in [0.25, 0.3) is 0 Å². The zero-order chi connectivity index (χ0) is 23.6. The molecule has 0 saturated heterocycles. The molecule has 1 rings (SSSR count). The molecule has 0 radical (unpaired) electrons. The lowest BCUT2D eigenvalue weighted by Crippen LogP contribution is -2.57. The van der Waals surface area contributed by atoms with Crippen molar-refractivity contribution in [2.24, 2.45) is 5.73 Å². The minimum atomic E-state index is -1.67. The molecule has 1 aromatic rings. The molecule has 12 heteroatoms. The summed E-state index contributed by atoms with van der Waals surface area (Å²) in [4.78, 5) is 58.7. The lowest BCUT2D eigenvalue weighted by atomic mass is 10.1. The van der Waals surface area contributed by atoms with Gasteiger partial charge in [-0.3, -0.25) is 19.2 Å². The summed E-state index contributed by atoms with van der Waals surface area (Å²) in [6, 6.07) is 3.55. The van der Waals surface area contributed by atoms with Crippen molar-refractivity contribution in [3.05, 3.63) is 35.9 Å². The van der Waals surface area contributed by atoms with Gasteiger partial charge < -0.3 is 37.0 Å². The molecule has 0 heterocycles. The SMILES string of the molecule is C[C@H](NC(=O)[C@@H](N)Cc1ccccc1)C(=O)N[C@@H](CC(=O)O)C(=O)N[C@@H](CO)C(=O)O. The summed E-state index contributed by atoms with van der Waals surface area (Å²) in [6.07, 6.45) is -0.619. The van der Waals surface area contributed by atoms with E-state index in [9.17, 15) is 24.0 Å². The molecule has 3 amide bonds. The molecule has 0 spiro atoms. The number of aliphatic carboxylic acids is 2. The molecule has 0 aliphatic rings. The molecule has 170 valence electrons. The normalized spacial score (nSPS) is 14.4. The number of carboxylic acids is 2. The minimum absolute atomic E-state index is 0.225. The van der Waals surface area contributed by atoms with E-state index < -0.39 is 66.9 Å². The monoisotopic (exact) mass is 438 g/mol. The number of carbonyl (C=O) groups is 5. The molecule has 0 saturated carbocycles. The van der Waals surface area contributed by atoms with E-state index in [2.05, 4.69) is 10.6 Å². The van der Waals surface area contributed by atoms with Crippen molar-refractivity contribution >= 4 is 29.7 Å². The standard InChI is InChI=1S/C19H26N4O8/c1-10(21-17(28)12(20)7-11-5-3-2-4-6-11)16(27)22-13(8-15(25)26)18(29)23-14(9-24)19(30)31/h2-6,10,12-14,24H,7-9,20H2,1H3,(H,21,28)(H,22,27)(H,23,29)(H,25,26)(H,30,31)/t10-,12-,13-,14-/m0/s1. The van der Waals surface area contributed by atoms with Crippen LogP contribution in [0.4, 0.5) is 0 Å². The first-order valence-corrected chi connectivity index (χ1v) is 9.31. The summed E-state index contributed by atoms with van der Waals surface area (Å²) in [5.41, 5.74) is 6.66. The van der Waals surface area contributed by atoms with E-state index in [1.54, 1.807) is 24.3 Å². The van der Waals surface area contributed by atoms with Crippen LogP contribution < -0.4 is 21.7 Å². The van der Waals surface area contributed by atoms with Gasteiger partial charge in [0.05, 0.1) is 19.1 Å². The molecule has 0 aliphatic carbocycles. The van der Waals surface area contributed by atoms with E-state index >= 15 is 0 Å². The summed E-state index contributed by atoms with van der Waals surface area (Å²) in [7, 11) is 0. The third-order valence-electron chi connectivity index (χ3n) is 4.20. The number of carboxylic acid groups (broad SMARTS) is 2. The second kappa shape index (κ2) is 12.2. The first-order valence-electron chi connectivity index (χ1n) is 9.31. The van der Waals surface area contributed by atoms with E-state index in [1.165, 1.54) is 6.92 Å². The van der Waals surface area contributed by atoms with Crippen LogP contribution in [-0.4, -0.2) is 75.8 Å². The van der Waals surface area contributed by atoms with E-state index in [-0.39, 0.29) is 6.42 Å². The second-order valence-electron chi connectivity index (χ2n) is 6.77. The quantitative estimate of drug-likeness (QED) is 0.185. The molecule has 0 unspecified atom stereocenters. The smallest absolute Gasteiger partial charge is 0.328 e. The molecule has 31 heavy (non-hydrogen) atoms. The Kier molecular flexibility index (Phi) is 10.1. The topological polar surface area (TPSA) is 208 Å². The van der Waals surface area contributed by atoms with Crippen LogP contribution >= 0.6 is 0 Å². The van der Waals surface area contributed by atoms with Crippen molar-refractivity contribution in [2.75, 3.05) is 6.61 Å². The van der Waals surface area contributed by atoms with Crippen LogP contribution in [0.15, 0.2) is 30.3 Å². The van der Waals surface area contributed by atoms with Gasteiger partial charge in [0.15, 0.2) is 0 Å². The molecule has 0 bridgehead atoms. The molecule has 0 fully saturated rings. The number of hydrogen-bond donors (Lipinski definition) is 7. The van der Waals surface area contributed by atoms with Gasteiger partial charge in [-0.15, -0.1) is 0 Å². The Bertz CT molecular complexity index is 801. The van der Waals surface area contributed by atoms with Gasteiger partial charge in [-0.1, -0.05) is 30.3 Å². The van der Waals surface area contributed by atoms with Crippen molar-refractivity contribution in [3.63, 3.8) is 0 Å². The number of aliphatic hydroxyl groups is 1. The van der Waals surface area contributed by atoms with Crippen LogP contribution in [-0.2, 0) is 30.4 Å². The molecule has 8 N–H and O–H groups in total. The van der Waals surface area contributed by atoms with Crippen molar-refractivity contribution in [2.45, 2.75) is 43.9 Å². The van der Waals surface area contributed by atoms with Crippen molar-refractivity contribution < 1.29 is 39.3 Å². The number of carbonyl (C=O) groups excluding carboxylic acids is 3. The molecular weight excluding hydrogens is 412 g/mol. The fourth-order valence-corrected chi connectivity index (χ4v) is 2.49. The van der Waals surface area contributed by atoms with Crippen molar-refractivity contribution in [1.82, 2.24) is 16.0 Å². The van der Waals surface area contributed by atoms with Crippen molar-refractivity contribution in [3.8, 4) is 0 Å². The highest BCUT2D eigenvalue weighted by Crippen LogP contribution is 2.02. The maximum atomic E-state index is 12.3. The number of rotatable bonds is 12. The average Bonchev–Trinajstić information content (AvgIpc) is 2.71. The van der Waals surface area contributed by atoms with Gasteiger partial charge in [-0.25, -0.2) is 4.79 Å². The highest BCUT2D eigenvalue weighted by molar-refractivity contribution is 5.95. The van der Waals surface area contributed by atoms with Gasteiger partial charge in [0.2, 0.25) is 17.7 Å². The third-order valence-corrected chi connectivity index (χ3v) is 4.20. The van der Waals surface area contributed by atoms with E-state index in [1.807, 2.05) is 11.4 Å². The fourth-order valence-electron chi connectivity index (χ4n) is 2.49. The Morgan fingerprint density at radius 2 is 1.48 bits per heavy atom. The zero-order valence-corrected chi connectivity index (χ0v) is 16.8. The number of nitrogens with one attached hydrogen (secondary N) is 3. The van der Waals surface area contributed by atoms with Crippen LogP contribution in [0.2, 0.25) is 0 Å². The van der Waals surface area contributed by atoms with Crippen LogP contribution in [0.3, 0.4) is 0 Å². The Morgan fingerprint density at radius 1 is 0.903 bits per heavy atom. The molecule has 0 aliphatic heterocycles. The first kappa shape index (κ1) is 25.5. The summed E-state index contributed by atoms with van der Waals surface area (Å²) in [5.74, 6) is -5.59. The predicted molar refractivity (Wildman–Crippen MR) is 107 cm³/mol. The average molecular weight is 438 g/mol. The van der Waals surface area contributed by atoms with Gasteiger partial charge in [0, 0.05) is 0 Å². The van der Waals surface area contributed by atoms with Gasteiger partial charge in [-0.2, -0.15) is 0 Å². The van der Waals surface area contributed by atoms with E-state index in [0.717, 1.165) is 5.56 Å². The second-order valence-corrected chi connectivity index (χ2v) is 6.77. The summed E-state index contributed by atoms with van der Waals surface area (Å²) in [6.45, 7) is 0.382. The van der Waals surface area contributed by atoms with Gasteiger partial charge >= 0.3 is 11.9 Å². The molecule has 4 atom stereocenters. The highest BCUT2D eigenvalue weighted by atomic mass is 16.4. The molecule has 0 aromatic heterocycles. The van der Waals surface area contributed by atoms with Gasteiger partial charge in [0.25, 0.3) is 0 Å². The Labute approximate surface area is 177 Å². The summed E-state index contributed by atoms with van der Waals surface area (Å²) >= 11 is 0. The zero-order valence-electron chi connectivity index (χ0n) is 16.8. The Balaban J connectivity index is 2.71. The highest BCUT2D eigenvalue weighted by Gasteiger charge is 2.30. The van der Waals surface area contributed by atoms with E-state index in [4.69, 9.17) is 21.1 Å². The van der Waals surface area contributed by atoms with Crippen LogP contribution in [0.5, 0.6) is 0 Å². The molecule has 12 nitrogen and oxygen atoms in total. The number of amides is 3. The van der Waals surface area contributed by atoms with Crippen molar-refractivity contribution in [1.29, 1.82) is 0 Å². The lowest BCUT2D eigenvalue weighted by Gasteiger charge is -2.22. The Morgan fingerprint density at radius 3 is 2.00 bits per heavy atom. The van der Waals surface area contributed by atoms with Gasteiger partial charge in [-0.05, 0) is 18.9 Å². The maximum absolute atomic E-state index is 12.3. The largest absolute Gasteiger partial charge is 0.481 e. The predicted octanol–water partition coefficient (Wildman–Crippen LogP) is -2.42.